The van der Waals surface area contributed by atoms with Crippen LogP contribution in [0.5, 0.6) is 0 Å². The second-order valence-electron chi connectivity index (χ2n) is 6.06. The molecule has 15 heavy (non-hydrogen) atoms. The molecule has 0 heterocycles. The van der Waals surface area contributed by atoms with Gasteiger partial charge in [-0.25, -0.2) is 0 Å². The molecule has 0 aliphatic heterocycles. The fourth-order valence-electron chi connectivity index (χ4n) is 3.35. The van der Waals surface area contributed by atoms with Crippen LogP contribution in [0.25, 0.3) is 0 Å². The molecule has 88 valence electrons. The normalized spacial score (nSPS) is 38.4. The monoisotopic (exact) mass is 209 g/mol. The predicted molar refractivity (Wildman–Crippen MR) is 65.9 cm³/mol. The van der Waals surface area contributed by atoms with Crippen molar-refractivity contribution in [1.82, 2.24) is 5.32 Å². The Morgan fingerprint density at radius 3 is 2.47 bits per heavy atom. The summed E-state index contributed by atoms with van der Waals surface area (Å²) in [4.78, 5) is 0. The minimum absolute atomic E-state index is 0.814. The van der Waals surface area contributed by atoms with Gasteiger partial charge in [-0.05, 0) is 50.0 Å². The molecule has 0 aromatic heterocycles. The first-order chi connectivity index (χ1) is 7.25. The van der Waals surface area contributed by atoms with Crippen LogP contribution in [0.4, 0.5) is 0 Å². The average Bonchev–Trinajstić information content (AvgIpc) is 2.72. The average molecular weight is 209 g/mol. The van der Waals surface area contributed by atoms with E-state index in [4.69, 9.17) is 0 Å². The van der Waals surface area contributed by atoms with E-state index in [0.29, 0.717) is 0 Å². The Morgan fingerprint density at radius 2 is 1.73 bits per heavy atom. The number of rotatable bonds is 3. The van der Waals surface area contributed by atoms with Crippen molar-refractivity contribution in [3.63, 3.8) is 0 Å². The summed E-state index contributed by atoms with van der Waals surface area (Å²) in [6.45, 7) is 6.13. The van der Waals surface area contributed by atoms with Gasteiger partial charge in [-0.2, -0.15) is 0 Å². The van der Waals surface area contributed by atoms with Crippen molar-refractivity contribution < 1.29 is 0 Å². The van der Waals surface area contributed by atoms with Gasteiger partial charge in [0, 0.05) is 6.04 Å². The van der Waals surface area contributed by atoms with E-state index in [9.17, 15) is 0 Å². The Labute approximate surface area is 95.0 Å². The molecule has 2 aliphatic rings. The van der Waals surface area contributed by atoms with Gasteiger partial charge in [0.05, 0.1) is 0 Å². The summed E-state index contributed by atoms with van der Waals surface area (Å²) < 4.78 is 0. The zero-order chi connectivity index (χ0) is 10.7. The van der Waals surface area contributed by atoms with Gasteiger partial charge < -0.3 is 5.32 Å². The molecule has 3 unspecified atom stereocenters. The lowest BCUT2D eigenvalue weighted by Crippen LogP contribution is -2.41. The number of hydrogen-bond acceptors (Lipinski definition) is 1. The highest BCUT2D eigenvalue weighted by atomic mass is 14.9. The fraction of sp³-hybridized carbons (Fsp3) is 1.00. The second-order valence-corrected chi connectivity index (χ2v) is 6.06. The van der Waals surface area contributed by atoms with Gasteiger partial charge in [-0.1, -0.05) is 33.1 Å². The van der Waals surface area contributed by atoms with E-state index in [1.54, 1.807) is 0 Å². The molecule has 0 aromatic rings. The lowest BCUT2D eigenvalue weighted by Gasteiger charge is -2.34. The summed E-state index contributed by atoms with van der Waals surface area (Å²) in [5.74, 6) is 2.85. The standard InChI is InChI=1S/C14H27N/c1-11-7-8-12(2)14(9-11)15-10-13-5-3-4-6-13/h11-15H,3-10H2,1-2H3. The van der Waals surface area contributed by atoms with Gasteiger partial charge >= 0.3 is 0 Å². The van der Waals surface area contributed by atoms with E-state index in [-0.39, 0.29) is 0 Å². The Morgan fingerprint density at radius 1 is 1.00 bits per heavy atom. The molecule has 2 rings (SSSR count). The van der Waals surface area contributed by atoms with Crippen LogP contribution in [0.2, 0.25) is 0 Å². The van der Waals surface area contributed by atoms with Crippen molar-refractivity contribution in [3.05, 3.63) is 0 Å². The first-order valence-corrected chi connectivity index (χ1v) is 6.99. The van der Waals surface area contributed by atoms with Crippen LogP contribution in [0.3, 0.4) is 0 Å². The van der Waals surface area contributed by atoms with Crippen molar-refractivity contribution in [2.75, 3.05) is 6.54 Å². The van der Waals surface area contributed by atoms with Gasteiger partial charge in [0.2, 0.25) is 0 Å². The summed E-state index contributed by atoms with van der Waals surface area (Å²) in [5, 5.41) is 3.84. The molecule has 2 saturated carbocycles. The number of nitrogens with one attached hydrogen (secondary N) is 1. The molecule has 1 N–H and O–H groups in total. The van der Waals surface area contributed by atoms with Gasteiger partial charge in [-0.3, -0.25) is 0 Å². The molecular weight excluding hydrogens is 182 g/mol. The molecule has 2 aliphatic carbocycles. The summed E-state index contributed by atoms with van der Waals surface area (Å²) >= 11 is 0. The first kappa shape index (κ1) is 11.4. The van der Waals surface area contributed by atoms with Crippen molar-refractivity contribution in [3.8, 4) is 0 Å². The SMILES string of the molecule is CC1CCC(C)C(NCC2CCCC2)C1. The maximum absolute atomic E-state index is 3.84. The van der Waals surface area contributed by atoms with Crippen LogP contribution in [-0.2, 0) is 0 Å². The van der Waals surface area contributed by atoms with Gasteiger partial charge in [0.25, 0.3) is 0 Å². The molecule has 0 spiro atoms. The summed E-state index contributed by atoms with van der Waals surface area (Å²) in [5.41, 5.74) is 0. The summed E-state index contributed by atoms with van der Waals surface area (Å²) in [6, 6.07) is 0.814. The number of hydrogen-bond donors (Lipinski definition) is 1. The van der Waals surface area contributed by atoms with E-state index < -0.39 is 0 Å². The Balaban J connectivity index is 1.72. The molecule has 0 aromatic carbocycles. The Bertz CT molecular complexity index is 184. The molecule has 3 atom stereocenters. The maximum Gasteiger partial charge on any atom is 0.00953 e. The smallest absolute Gasteiger partial charge is 0.00953 e. The fourth-order valence-corrected chi connectivity index (χ4v) is 3.35. The van der Waals surface area contributed by atoms with Crippen molar-refractivity contribution in [1.29, 1.82) is 0 Å². The van der Waals surface area contributed by atoms with Gasteiger partial charge in [-0.15, -0.1) is 0 Å². The molecule has 0 saturated heterocycles. The molecule has 1 nitrogen and oxygen atoms in total. The predicted octanol–water partition coefficient (Wildman–Crippen LogP) is 3.59. The van der Waals surface area contributed by atoms with Crippen LogP contribution in [-0.4, -0.2) is 12.6 Å². The third kappa shape index (κ3) is 3.21. The van der Waals surface area contributed by atoms with Crippen molar-refractivity contribution in [2.45, 2.75) is 64.8 Å². The van der Waals surface area contributed by atoms with E-state index >= 15 is 0 Å². The van der Waals surface area contributed by atoms with Crippen molar-refractivity contribution >= 4 is 0 Å². The second kappa shape index (κ2) is 5.34. The molecule has 1 heteroatoms. The minimum Gasteiger partial charge on any atom is -0.313 e. The van der Waals surface area contributed by atoms with E-state index in [1.165, 1.54) is 51.5 Å². The minimum atomic E-state index is 0.814. The van der Waals surface area contributed by atoms with E-state index in [0.717, 1.165) is 23.8 Å². The highest BCUT2D eigenvalue weighted by molar-refractivity contribution is 4.82. The third-order valence-electron chi connectivity index (χ3n) is 4.60. The van der Waals surface area contributed by atoms with Crippen LogP contribution < -0.4 is 5.32 Å². The highest BCUT2D eigenvalue weighted by Crippen LogP contribution is 2.29. The van der Waals surface area contributed by atoms with E-state index in [2.05, 4.69) is 19.2 Å². The van der Waals surface area contributed by atoms with Gasteiger partial charge in [0.1, 0.15) is 0 Å². The highest BCUT2D eigenvalue weighted by Gasteiger charge is 2.26. The summed E-state index contributed by atoms with van der Waals surface area (Å²) in [7, 11) is 0. The molecule has 0 amide bonds. The zero-order valence-electron chi connectivity index (χ0n) is 10.5. The van der Waals surface area contributed by atoms with Crippen molar-refractivity contribution in [2.24, 2.45) is 17.8 Å². The topological polar surface area (TPSA) is 12.0 Å². The quantitative estimate of drug-likeness (QED) is 0.749. The zero-order valence-corrected chi connectivity index (χ0v) is 10.5. The molecular formula is C14H27N. The molecule has 0 radical (unpaired) electrons. The van der Waals surface area contributed by atoms with Crippen LogP contribution in [0.1, 0.15) is 58.8 Å². The Hall–Kier alpha value is -0.0400. The first-order valence-electron chi connectivity index (χ1n) is 6.99. The van der Waals surface area contributed by atoms with Crippen LogP contribution in [0.15, 0.2) is 0 Å². The van der Waals surface area contributed by atoms with Gasteiger partial charge in [0.15, 0.2) is 0 Å². The molecule has 0 bridgehead atoms. The maximum atomic E-state index is 3.84. The third-order valence-corrected chi connectivity index (χ3v) is 4.60. The summed E-state index contributed by atoms with van der Waals surface area (Å²) in [6.07, 6.45) is 10.2. The van der Waals surface area contributed by atoms with E-state index in [1.807, 2.05) is 0 Å². The lowest BCUT2D eigenvalue weighted by atomic mass is 9.80. The Kier molecular flexibility index (Phi) is 4.07. The molecule has 2 fully saturated rings. The lowest BCUT2D eigenvalue weighted by molar-refractivity contribution is 0.221. The van der Waals surface area contributed by atoms with Crippen LogP contribution >= 0.6 is 0 Å². The largest absolute Gasteiger partial charge is 0.313 e. The van der Waals surface area contributed by atoms with Crippen LogP contribution in [0, 0.1) is 17.8 Å².